The van der Waals surface area contributed by atoms with Gasteiger partial charge in [-0.2, -0.15) is 0 Å². The molecule has 1 saturated heterocycles. The molecule has 0 aliphatic carbocycles. The van der Waals surface area contributed by atoms with Crippen molar-refractivity contribution in [1.29, 1.82) is 0 Å². The molecule has 76 valence electrons. The molecule has 0 aromatic carbocycles. The summed E-state index contributed by atoms with van der Waals surface area (Å²) in [5.74, 6) is 0. The summed E-state index contributed by atoms with van der Waals surface area (Å²) in [5.41, 5.74) is 1.37. The first kappa shape index (κ1) is 10.7. The molecule has 0 saturated carbocycles. The molecule has 1 heterocycles. The van der Waals surface area contributed by atoms with E-state index in [4.69, 9.17) is 4.74 Å². The number of hydrogen-bond acceptors (Lipinski definition) is 2. The number of ether oxygens (including phenoxy) is 1. The molecule has 1 aliphatic heterocycles. The Morgan fingerprint density at radius 3 is 2.85 bits per heavy atom. The molecule has 0 spiro atoms. The van der Waals surface area contributed by atoms with Crippen molar-refractivity contribution in [3.8, 4) is 0 Å². The van der Waals surface area contributed by atoms with Crippen molar-refractivity contribution >= 4 is 0 Å². The number of likely N-dealkylation sites (N-methyl/N-ethyl adjacent to an activating group) is 1. The SMILES string of the molecule is CNC(C=C(C)C)CC1CCCO1. The summed E-state index contributed by atoms with van der Waals surface area (Å²) in [5, 5.41) is 3.30. The standard InChI is InChI=1S/C11H21NO/c1-9(2)7-10(12-3)8-11-5-4-6-13-11/h7,10-12H,4-6,8H2,1-3H3. The fourth-order valence-electron chi connectivity index (χ4n) is 1.79. The van der Waals surface area contributed by atoms with Gasteiger partial charge in [-0.1, -0.05) is 11.6 Å². The van der Waals surface area contributed by atoms with E-state index in [0.717, 1.165) is 13.0 Å². The van der Waals surface area contributed by atoms with Crippen molar-refractivity contribution in [3.63, 3.8) is 0 Å². The predicted molar refractivity (Wildman–Crippen MR) is 55.9 cm³/mol. The van der Waals surface area contributed by atoms with Crippen LogP contribution in [0.2, 0.25) is 0 Å². The number of rotatable bonds is 4. The van der Waals surface area contributed by atoms with Crippen LogP contribution in [0.15, 0.2) is 11.6 Å². The van der Waals surface area contributed by atoms with E-state index in [0.29, 0.717) is 12.1 Å². The Morgan fingerprint density at radius 1 is 1.62 bits per heavy atom. The Morgan fingerprint density at radius 2 is 2.38 bits per heavy atom. The van der Waals surface area contributed by atoms with Crippen LogP contribution in [0.3, 0.4) is 0 Å². The zero-order valence-electron chi connectivity index (χ0n) is 8.97. The third kappa shape index (κ3) is 3.92. The van der Waals surface area contributed by atoms with Gasteiger partial charge >= 0.3 is 0 Å². The van der Waals surface area contributed by atoms with Crippen LogP contribution in [-0.4, -0.2) is 25.8 Å². The molecule has 13 heavy (non-hydrogen) atoms. The van der Waals surface area contributed by atoms with Crippen molar-refractivity contribution in [2.45, 2.75) is 45.3 Å². The summed E-state index contributed by atoms with van der Waals surface area (Å²) in [6, 6.07) is 0.480. The van der Waals surface area contributed by atoms with Gasteiger partial charge in [-0.3, -0.25) is 0 Å². The summed E-state index contributed by atoms with van der Waals surface area (Å²) in [6.07, 6.45) is 6.33. The quantitative estimate of drug-likeness (QED) is 0.674. The minimum absolute atomic E-state index is 0.480. The first-order chi connectivity index (χ1) is 6.22. The normalized spacial score (nSPS) is 24.4. The molecule has 1 aliphatic rings. The summed E-state index contributed by atoms with van der Waals surface area (Å²) in [6.45, 7) is 5.23. The maximum absolute atomic E-state index is 5.60. The topological polar surface area (TPSA) is 21.3 Å². The Hall–Kier alpha value is -0.340. The lowest BCUT2D eigenvalue weighted by atomic mass is 10.1. The van der Waals surface area contributed by atoms with Crippen LogP contribution in [0.1, 0.15) is 33.1 Å². The van der Waals surface area contributed by atoms with Gasteiger partial charge in [-0.15, -0.1) is 0 Å². The van der Waals surface area contributed by atoms with Crippen molar-refractivity contribution in [3.05, 3.63) is 11.6 Å². The smallest absolute Gasteiger partial charge is 0.0593 e. The van der Waals surface area contributed by atoms with E-state index >= 15 is 0 Å². The molecule has 2 heteroatoms. The third-order valence-corrected chi connectivity index (χ3v) is 2.45. The van der Waals surface area contributed by atoms with Crippen LogP contribution in [0.4, 0.5) is 0 Å². The van der Waals surface area contributed by atoms with Gasteiger partial charge in [0.05, 0.1) is 6.10 Å². The molecular formula is C11H21NO. The fraction of sp³-hybridized carbons (Fsp3) is 0.818. The van der Waals surface area contributed by atoms with Crippen LogP contribution in [0.25, 0.3) is 0 Å². The minimum atomic E-state index is 0.480. The fourth-order valence-corrected chi connectivity index (χ4v) is 1.79. The molecular weight excluding hydrogens is 162 g/mol. The van der Waals surface area contributed by atoms with Crippen LogP contribution in [0.5, 0.6) is 0 Å². The maximum Gasteiger partial charge on any atom is 0.0593 e. The van der Waals surface area contributed by atoms with Gasteiger partial charge in [-0.05, 0) is 40.2 Å². The van der Waals surface area contributed by atoms with E-state index in [-0.39, 0.29) is 0 Å². The highest BCUT2D eigenvalue weighted by atomic mass is 16.5. The molecule has 1 N–H and O–H groups in total. The lowest BCUT2D eigenvalue weighted by molar-refractivity contribution is 0.0993. The van der Waals surface area contributed by atoms with Crippen molar-refractivity contribution < 1.29 is 4.74 Å². The average Bonchev–Trinajstić information content (AvgIpc) is 2.55. The van der Waals surface area contributed by atoms with E-state index < -0.39 is 0 Å². The van der Waals surface area contributed by atoms with Crippen molar-refractivity contribution in [2.75, 3.05) is 13.7 Å². The van der Waals surface area contributed by atoms with Crippen LogP contribution in [-0.2, 0) is 4.74 Å². The van der Waals surface area contributed by atoms with Crippen LogP contribution < -0.4 is 5.32 Å². The molecule has 0 bridgehead atoms. The van der Waals surface area contributed by atoms with Gasteiger partial charge in [0.15, 0.2) is 0 Å². The largest absolute Gasteiger partial charge is 0.378 e. The van der Waals surface area contributed by atoms with Gasteiger partial charge in [0.1, 0.15) is 0 Å². The highest BCUT2D eigenvalue weighted by Crippen LogP contribution is 2.17. The average molecular weight is 183 g/mol. The highest BCUT2D eigenvalue weighted by molar-refractivity contribution is 5.01. The second-order valence-electron chi connectivity index (χ2n) is 4.01. The van der Waals surface area contributed by atoms with E-state index in [1.165, 1.54) is 18.4 Å². The summed E-state index contributed by atoms with van der Waals surface area (Å²) < 4.78 is 5.60. The molecule has 2 atom stereocenters. The molecule has 1 fully saturated rings. The summed E-state index contributed by atoms with van der Waals surface area (Å²) >= 11 is 0. The molecule has 0 aromatic heterocycles. The molecule has 0 amide bonds. The Bertz CT molecular complexity index is 167. The highest BCUT2D eigenvalue weighted by Gasteiger charge is 2.18. The Balaban J connectivity index is 2.34. The van der Waals surface area contributed by atoms with E-state index in [1.807, 2.05) is 7.05 Å². The second kappa shape index (κ2) is 5.40. The van der Waals surface area contributed by atoms with Gasteiger partial charge in [0, 0.05) is 12.6 Å². The van der Waals surface area contributed by atoms with Gasteiger partial charge < -0.3 is 10.1 Å². The van der Waals surface area contributed by atoms with E-state index in [2.05, 4.69) is 25.2 Å². The van der Waals surface area contributed by atoms with E-state index in [1.54, 1.807) is 0 Å². The third-order valence-electron chi connectivity index (χ3n) is 2.45. The summed E-state index contributed by atoms with van der Waals surface area (Å²) in [4.78, 5) is 0. The molecule has 1 rings (SSSR count). The lowest BCUT2D eigenvalue weighted by Crippen LogP contribution is -2.27. The molecule has 0 radical (unpaired) electrons. The first-order valence-corrected chi connectivity index (χ1v) is 5.16. The van der Waals surface area contributed by atoms with Crippen molar-refractivity contribution in [2.24, 2.45) is 0 Å². The van der Waals surface area contributed by atoms with Crippen LogP contribution in [0, 0.1) is 0 Å². The van der Waals surface area contributed by atoms with Gasteiger partial charge in [0.25, 0.3) is 0 Å². The summed E-state index contributed by atoms with van der Waals surface area (Å²) in [7, 11) is 2.01. The minimum Gasteiger partial charge on any atom is -0.378 e. The zero-order chi connectivity index (χ0) is 9.68. The second-order valence-corrected chi connectivity index (χ2v) is 4.01. The van der Waals surface area contributed by atoms with E-state index in [9.17, 15) is 0 Å². The molecule has 0 aromatic rings. The molecule has 2 unspecified atom stereocenters. The number of allylic oxidation sites excluding steroid dienone is 1. The monoisotopic (exact) mass is 183 g/mol. The van der Waals surface area contributed by atoms with Crippen molar-refractivity contribution in [1.82, 2.24) is 5.32 Å². The zero-order valence-corrected chi connectivity index (χ0v) is 8.97. The van der Waals surface area contributed by atoms with Gasteiger partial charge in [-0.25, -0.2) is 0 Å². The predicted octanol–water partition coefficient (Wildman–Crippen LogP) is 2.11. The Kier molecular flexibility index (Phi) is 4.46. The first-order valence-electron chi connectivity index (χ1n) is 5.16. The van der Waals surface area contributed by atoms with Gasteiger partial charge in [0.2, 0.25) is 0 Å². The number of hydrogen-bond donors (Lipinski definition) is 1. The maximum atomic E-state index is 5.60. The van der Waals surface area contributed by atoms with Crippen LogP contribution >= 0.6 is 0 Å². The lowest BCUT2D eigenvalue weighted by Gasteiger charge is -2.16. The molecule has 2 nitrogen and oxygen atoms in total. The number of nitrogens with one attached hydrogen (secondary N) is 1. The Labute approximate surface area is 81.4 Å².